The lowest BCUT2D eigenvalue weighted by atomic mass is 10.2. The van der Waals surface area contributed by atoms with Gasteiger partial charge in [0.25, 0.3) is 6.43 Å². The summed E-state index contributed by atoms with van der Waals surface area (Å²) in [5.74, 6) is -1.69. The number of aromatic nitrogens is 1. The summed E-state index contributed by atoms with van der Waals surface area (Å²) in [6.45, 7) is 0. The molecule has 15 heavy (non-hydrogen) atoms. The van der Waals surface area contributed by atoms with E-state index in [2.05, 4.69) is 9.72 Å². The molecule has 1 rings (SSSR count). The summed E-state index contributed by atoms with van der Waals surface area (Å²) in [4.78, 5) is 14.3. The molecule has 0 spiro atoms. The molecule has 1 aromatic heterocycles. The number of nitrogen functional groups attached to an aromatic ring is 1. The smallest absolute Gasteiger partial charge is 0.358 e. The lowest BCUT2D eigenvalue weighted by Gasteiger charge is -2.07. The van der Waals surface area contributed by atoms with Gasteiger partial charge in [0.2, 0.25) is 0 Å². The summed E-state index contributed by atoms with van der Waals surface area (Å²) in [5, 5.41) is 9.07. The number of hydrogen-bond donors (Lipinski definition) is 2. The van der Waals surface area contributed by atoms with Gasteiger partial charge in [0.15, 0.2) is 5.69 Å². The number of nitrogens with zero attached hydrogens (tertiary/aromatic N) is 1. The van der Waals surface area contributed by atoms with E-state index in [0.717, 1.165) is 13.2 Å². The van der Waals surface area contributed by atoms with Gasteiger partial charge >= 0.3 is 5.97 Å². The Morgan fingerprint density at radius 2 is 2.27 bits per heavy atom. The Kier molecular flexibility index (Phi) is 3.03. The number of hydrogen-bond acceptors (Lipinski definition) is 5. The van der Waals surface area contributed by atoms with Crippen LogP contribution in [0.3, 0.4) is 0 Å². The topological polar surface area (TPSA) is 85.4 Å². The third kappa shape index (κ3) is 2.12. The van der Waals surface area contributed by atoms with Gasteiger partial charge in [0.1, 0.15) is 11.4 Å². The van der Waals surface area contributed by atoms with Crippen LogP contribution in [0.15, 0.2) is 6.07 Å². The number of pyridine rings is 1. The fourth-order valence-corrected chi connectivity index (χ4v) is 0.953. The van der Waals surface area contributed by atoms with E-state index in [9.17, 15) is 13.6 Å². The van der Waals surface area contributed by atoms with Crippen molar-refractivity contribution in [1.29, 1.82) is 0 Å². The van der Waals surface area contributed by atoms with Crippen LogP contribution in [-0.4, -0.2) is 23.2 Å². The fraction of sp³-hybridized carbons (Fsp3) is 0.250. The third-order valence-corrected chi connectivity index (χ3v) is 1.65. The Hall–Kier alpha value is -1.92. The second kappa shape index (κ2) is 4.07. The van der Waals surface area contributed by atoms with Gasteiger partial charge in [0, 0.05) is 6.07 Å². The zero-order valence-electron chi connectivity index (χ0n) is 7.70. The first-order chi connectivity index (χ1) is 6.97. The van der Waals surface area contributed by atoms with Crippen molar-refractivity contribution in [1.82, 2.24) is 4.98 Å². The molecule has 1 aromatic rings. The van der Waals surface area contributed by atoms with E-state index in [1.165, 1.54) is 0 Å². The molecule has 1 heterocycles. The molecule has 82 valence electrons. The standard InChI is InChI=1S/C8H8F2N2O3/c1-15-8(14)5-3(11)2-4(13)6(12-5)7(9)10/h2,7,13H,11H2,1H3. The van der Waals surface area contributed by atoms with Crippen LogP contribution >= 0.6 is 0 Å². The van der Waals surface area contributed by atoms with E-state index in [1.807, 2.05) is 0 Å². The van der Waals surface area contributed by atoms with Crippen molar-refractivity contribution in [2.75, 3.05) is 12.8 Å². The maximum atomic E-state index is 12.3. The van der Waals surface area contributed by atoms with E-state index in [0.29, 0.717) is 0 Å². The molecule has 0 aromatic carbocycles. The van der Waals surface area contributed by atoms with Crippen LogP contribution in [0.2, 0.25) is 0 Å². The van der Waals surface area contributed by atoms with Gasteiger partial charge < -0.3 is 15.6 Å². The van der Waals surface area contributed by atoms with Gasteiger partial charge in [-0.25, -0.2) is 18.6 Å². The molecule has 0 bridgehead atoms. The number of ether oxygens (including phenoxy) is 1. The zero-order chi connectivity index (χ0) is 11.6. The number of nitrogens with two attached hydrogens (primary N) is 1. The molecule has 0 saturated carbocycles. The minimum Gasteiger partial charge on any atom is -0.506 e. The number of rotatable bonds is 2. The summed E-state index contributed by atoms with van der Waals surface area (Å²) in [6.07, 6.45) is -2.99. The average Bonchev–Trinajstić information content (AvgIpc) is 2.16. The predicted molar refractivity (Wildman–Crippen MR) is 46.6 cm³/mol. The molecule has 5 nitrogen and oxygen atoms in total. The monoisotopic (exact) mass is 218 g/mol. The maximum Gasteiger partial charge on any atom is 0.358 e. The van der Waals surface area contributed by atoms with Crippen molar-refractivity contribution in [3.63, 3.8) is 0 Å². The number of anilines is 1. The normalized spacial score (nSPS) is 10.4. The average molecular weight is 218 g/mol. The van der Waals surface area contributed by atoms with E-state index in [-0.39, 0.29) is 5.69 Å². The number of aromatic hydroxyl groups is 1. The first-order valence-electron chi connectivity index (χ1n) is 3.83. The minimum absolute atomic E-state index is 0.219. The van der Waals surface area contributed by atoms with Gasteiger partial charge in [0.05, 0.1) is 12.8 Å². The summed E-state index contributed by atoms with van der Waals surface area (Å²) >= 11 is 0. The lowest BCUT2D eigenvalue weighted by molar-refractivity contribution is 0.0593. The van der Waals surface area contributed by atoms with Crippen LogP contribution < -0.4 is 5.73 Å². The Bertz CT molecular complexity index is 396. The molecule has 0 aliphatic carbocycles. The largest absolute Gasteiger partial charge is 0.506 e. The highest BCUT2D eigenvalue weighted by atomic mass is 19.3. The number of carbonyl (C=O) groups is 1. The van der Waals surface area contributed by atoms with Gasteiger partial charge in [-0.3, -0.25) is 0 Å². The third-order valence-electron chi connectivity index (χ3n) is 1.65. The van der Waals surface area contributed by atoms with E-state index < -0.39 is 29.5 Å². The van der Waals surface area contributed by atoms with Crippen LogP contribution in [0, 0.1) is 0 Å². The number of alkyl halides is 2. The Labute approximate surface area is 83.5 Å². The molecule has 0 aliphatic heterocycles. The summed E-state index contributed by atoms with van der Waals surface area (Å²) < 4.78 is 28.9. The molecular formula is C8H8F2N2O3. The van der Waals surface area contributed by atoms with Crippen molar-refractivity contribution in [3.8, 4) is 5.75 Å². The molecule has 3 N–H and O–H groups in total. The lowest BCUT2D eigenvalue weighted by Crippen LogP contribution is -2.10. The highest BCUT2D eigenvalue weighted by Crippen LogP contribution is 2.29. The van der Waals surface area contributed by atoms with Crippen LogP contribution in [0.4, 0.5) is 14.5 Å². The molecule has 0 unspecified atom stereocenters. The molecule has 0 aliphatic rings. The van der Waals surface area contributed by atoms with Gasteiger partial charge in [-0.05, 0) is 0 Å². The predicted octanol–water partition coefficient (Wildman–Crippen LogP) is 1.09. The minimum atomic E-state index is -2.99. The van der Waals surface area contributed by atoms with Crippen molar-refractivity contribution >= 4 is 11.7 Å². The number of halogens is 2. The van der Waals surface area contributed by atoms with Crippen molar-refractivity contribution in [2.24, 2.45) is 0 Å². The second-order valence-electron chi connectivity index (χ2n) is 2.62. The molecular weight excluding hydrogens is 210 g/mol. The van der Waals surface area contributed by atoms with Crippen LogP contribution in [0.25, 0.3) is 0 Å². The highest BCUT2D eigenvalue weighted by Gasteiger charge is 2.21. The molecule has 0 saturated heterocycles. The first-order valence-corrected chi connectivity index (χ1v) is 3.83. The number of esters is 1. The van der Waals surface area contributed by atoms with Crippen molar-refractivity contribution in [3.05, 3.63) is 17.5 Å². The molecule has 0 amide bonds. The maximum absolute atomic E-state index is 12.3. The van der Waals surface area contributed by atoms with Gasteiger partial charge in [-0.2, -0.15) is 0 Å². The Balaban J connectivity index is 3.29. The molecule has 0 radical (unpaired) electrons. The number of methoxy groups -OCH3 is 1. The summed E-state index contributed by atoms with van der Waals surface area (Å²) in [7, 11) is 1.07. The van der Waals surface area contributed by atoms with Crippen LogP contribution in [0.1, 0.15) is 22.6 Å². The molecule has 0 fully saturated rings. The van der Waals surface area contributed by atoms with Crippen molar-refractivity contribution in [2.45, 2.75) is 6.43 Å². The second-order valence-corrected chi connectivity index (χ2v) is 2.62. The van der Waals surface area contributed by atoms with E-state index >= 15 is 0 Å². The van der Waals surface area contributed by atoms with E-state index in [4.69, 9.17) is 10.8 Å². The zero-order valence-corrected chi connectivity index (χ0v) is 7.70. The van der Waals surface area contributed by atoms with Crippen molar-refractivity contribution < 1.29 is 23.4 Å². The van der Waals surface area contributed by atoms with Crippen LogP contribution in [-0.2, 0) is 4.74 Å². The van der Waals surface area contributed by atoms with E-state index in [1.54, 1.807) is 0 Å². The van der Waals surface area contributed by atoms with Gasteiger partial charge in [-0.1, -0.05) is 0 Å². The summed E-state index contributed by atoms with van der Waals surface area (Å²) in [5.41, 5.74) is 3.74. The van der Waals surface area contributed by atoms with Gasteiger partial charge in [-0.15, -0.1) is 0 Å². The quantitative estimate of drug-likeness (QED) is 0.726. The number of carbonyl (C=O) groups excluding carboxylic acids is 1. The first kappa shape index (κ1) is 11.2. The molecule has 7 heteroatoms. The Morgan fingerprint density at radius 3 is 2.73 bits per heavy atom. The Morgan fingerprint density at radius 1 is 1.67 bits per heavy atom. The molecule has 0 atom stereocenters. The SMILES string of the molecule is COC(=O)c1nc(C(F)F)c(O)cc1N. The fourth-order valence-electron chi connectivity index (χ4n) is 0.953. The summed E-state index contributed by atoms with van der Waals surface area (Å²) in [6, 6.07) is 0.834. The highest BCUT2D eigenvalue weighted by molar-refractivity contribution is 5.93. The van der Waals surface area contributed by atoms with Crippen LogP contribution in [0.5, 0.6) is 5.75 Å².